The standard InChI is InChI=1S/C21H33NO/c1-15(2)7-6-8-17(4)18-11-12-21(5,22-14-23)20-10-9-16(3)13-19(18)20/h7,13-14,18-20H,4,6,8-12H2,1-3,5H3,(H,22,23)/t18-,19-,20+,21+/m1/s1. The van der Waals surface area contributed by atoms with Gasteiger partial charge in [-0.3, -0.25) is 4.79 Å². The van der Waals surface area contributed by atoms with Gasteiger partial charge in [-0.05, 0) is 84.0 Å². The van der Waals surface area contributed by atoms with Crippen molar-refractivity contribution >= 4 is 6.41 Å². The number of rotatable bonds is 6. The van der Waals surface area contributed by atoms with Crippen LogP contribution in [-0.2, 0) is 4.79 Å². The molecule has 2 aliphatic carbocycles. The maximum atomic E-state index is 11.1. The average molecular weight is 316 g/mol. The van der Waals surface area contributed by atoms with E-state index < -0.39 is 0 Å². The van der Waals surface area contributed by atoms with Gasteiger partial charge in [0.2, 0.25) is 6.41 Å². The number of hydrogen-bond acceptors (Lipinski definition) is 1. The van der Waals surface area contributed by atoms with Crippen LogP contribution >= 0.6 is 0 Å². The van der Waals surface area contributed by atoms with Gasteiger partial charge in [0.1, 0.15) is 0 Å². The molecule has 0 unspecified atom stereocenters. The Balaban J connectivity index is 2.15. The van der Waals surface area contributed by atoms with Crippen molar-refractivity contribution in [1.82, 2.24) is 5.32 Å². The lowest BCUT2D eigenvalue weighted by Crippen LogP contribution is -2.55. The summed E-state index contributed by atoms with van der Waals surface area (Å²) in [6, 6.07) is 0. The van der Waals surface area contributed by atoms with Crippen molar-refractivity contribution in [2.45, 2.75) is 71.8 Å². The molecular formula is C21H33NO. The van der Waals surface area contributed by atoms with E-state index in [9.17, 15) is 4.79 Å². The highest BCUT2D eigenvalue weighted by Crippen LogP contribution is 2.50. The molecule has 0 heterocycles. The summed E-state index contributed by atoms with van der Waals surface area (Å²) in [5.41, 5.74) is 4.23. The van der Waals surface area contributed by atoms with Crippen LogP contribution < -0.4 is 5.32 Å². The van der Waals surface area contributed by atoms with Crippen LogP contribution in [0.4, 0.5) is 0 Å². The zero-order valence-electron chi connectivity index (χ0n) is 15.3. The molecular weight excluding hydrogens is 282 g/mol. The fourth-order valence-electron chi connectivity index (χ4n) is 4.60. The quantitative estimate of drug-likeness (QED) is 0.531. The van der Waals surface area contributed by atoms with Crippen molar-refractivity contribution in [3.63, 3.8) is 0 Å². The minimum Gasteiger partial charge on any atom is -0.353 e. The molecule has 1 N–H and O–H groups in total. The molecule has 2 heteroatoms. The molecule has 0 bridgehead atoms. The SMILES string of the molecule is C=C(CCC=C(C)C)[C@H]1CC[C@](C)(NC=O)[C@H]2CCC(C)=C[C@H]12. The Kier molecular flexibility index (Phi) is 5.89. The van der Waals surface area contributed by atoms with Crippen LogP contribution in [0.3, 0.4) is 0 Å². The number of nitrogens with one attached hydrogen (secondary N) is 1. The molecule has 0 aromatic rings. The third-order valence-corrected chi connectivity index (χ3v) is 5.98. The molecule has 1 amide bonds. The zero-order valence-corrected chi connectivity index (χ0v) is 15.3. The molecule has 2 nitrogen and oxygen atoms in total. The van der Waals surface area contributed by atoms with Gasteiger partial charge in [0.25, 0.3) is 0 Å². The monoisotopic (exact) mass is 315 g/mol. The van der Waals surface area contributed by atoms with E-state index in [2.05, 4.69) is 51.7 Å². The summed E-state index contributed by atoms with van der Waals surface area (Å²) in [6.07, 6.45) is 12.4. The predicted octanol–water partition coefficient (Wildman–Crippen LogP) is 5.18. The van der Waals surface area contributed by atoms with Crippen LogP contribution in [0, 0.1) is 17.8 Å². The number of carbonyl (C=O) groups excluding carboxylic acids is 1. The largest absolute Gasteiger partial charge is 0.353 e. The second kappa shape index (κ2) is 7.51. The first kappa shape index (κ1) is 18.0. The molecule has 0 spiro atoms. The molecule has 2 aliphatic rings. The Morgan fingerprint density at radius 2 is 2.17 bits per heavy atom. The first-order valence-corrected chi connectivity index (χ1v) is 9.07. The minimum atomic E-state index is -0.0553. The van der Waals surface area contributed by atoms with Gasteiger partial charge in [-0.25, -0.2) is 0 Å². The summed E-state index contributed by atoms with van der Waals surface area (Å²) in [6.45, 7) is 13.2. The van der Waals surface area contributed by atoms with Crippen molar-refractivity contribution in [1.29, 1.82) is 0 Å². The highest BCUT2D eigenvalue weighted by Gasteiger charge is 2.46. The number of fused-ring (bicyclic) bond motifs is 1. The van der Waals surface area contributed by atoms with Crippen LogP contribution in [-0.4, -0.2) is 11.9 Å². The minimum absolute atomic E-state index is 0.0553. The van der Waals surface area contributed by atoms with Crippen molar-refractivity contribution in [2.75, 3.05) is 0 Å². The smallest absolute Gasteiger partial charge is 0.207 e. The number of hydrogen-bond donors (Lipinski definition) is 1. The summed E-state index contributed by atoms with van der Waals surface area (Å²) in [5, 5.41) is 3.14. The molecule has 0 radical (unpaired) electrons. The summed E-state index contributed by atoms with van der Waals surface area (Å²) >= 11 is 0. The third-order valence-electron chi connectivity index (χ3n) is 5.98. The molecule has 128 valence electrons. The number of allylic oxidation sites excluding steroid dienone is 5. The Bertz CT molecular complexity index is 512. The lowest BCUT2D eigenvalue weighted by atomic mass is 9.58. The molecule has 4 atom stereocenters. The van der Waals surface area contributed by atoms with Gasteiger partial charge < -0.3 is 5.32 Å². The van der Waals surface area contributed by atoms with Gasteiger partial charge in [0.05, 0.1) is 0 Å². The van der Waals surface area contributed by atoms with Gasteiger partial charge in [-0.1, -0.05) is 35.5 Å². The normalized spacial score (nSPS) is 33.2. The molecule has 1 saturated carbocycles. The second-order valence-electron chi connectivity index (χ2n) is 8.04. The lowest BCUT2D eigenvalue weighted by molar-refractivity contribution is -0.112. The van der Waals surface area contributed by atoms with E-state index in [1.807, 2.05) is 0 Å². The van der Waals surface area contributed by atoms with E-state index in [0.717, 1.165) is 38.5 Å². The van der Waals surface area contributed by atoms with E-state index in [4.69, 9.17) is 0 Å². The molecule has 0 saturated heterocycles. The summed E-state index contributed by atoms with van der Waals surface area (Å²) in [4.78, 5) is 11.1. The molecule has 0 aromatic carbocycles. The molecule has 1 fully saturated rings. The predicted molar refractivity (Wildman–Crippen MR) is 98.1 cm³/mol. The van der Waals surface area contributed by atoms with Crippen LogP contribution in [0.2, 0.25) is 0 Å². The molecule has 0 aliphatic heterocycles. The Morgan fingerprint density at radius 3 is 2.83 bits per heavy atom. The van der Waals surface area contributed by atoms with Crippen molar-refractivity contribution in [3.05, 3.63) is 35.5 Å². The Morgan fingerprint density at radius 1 is 1.43 bits per heavy atom. The van der Waals surface area contributed by atoms with Gasteiger partial charge in [0, 0.05) is 5.54 Å². The van der Waals surface area contributed by atoms with Gasteiger partial charge in [0.15, 0.2) is 0 Å². The van der Waals surface area contributed by atoms with E-state index in [1.165, 1.54) is 23.1 Å². The molecule has 23 heavy (non-hydrogen) atoms. The molecule has 2 rings (SSSR count). The van der Waals surface area contributed by atoms with Crippen LogP contribution in [0.15, 0.2) is 35.5 Å². The first-order chi connectivity index (χ1) is 10.9. The number of carbonyl (C=O) groups is 1. The van der Waals surface area contributed by atoms with E-state index in [0.29, 0.717) is 17.8 Å². The van der Waals surface area contributed by atoms with Crippen molar-refractivity contribution in [2.24, 2.45) is 17.8 Å². The third kappa shape index (κ3) is 4.16. The van der Waals surface area contributed by atoms with Crippen molar-refractivity contribution in [3.8, 4) is 0 Å². The highest BCUT2D eigenvalue weighted by molar-refractivity contribution is 5.48. The first-order valence-electron chi connectivity index (χ1n) is 9.07. The maximum absolute atomic E-state index is 11.1. The van der Waals surface area contributed by atoms with Crippen LogP contribution in [0.5, 0.6) is 0 Å². The summed E-state index contributed by atoms with van der Waals surface area (Å²) in [7, 11) is 0. The van der Waals surface area contributed by atoms with Gasteiger partial charge in [-0.2, -0.15) is 0 Å². The maximum Gasteiger partial charge on any atom is 0.207 e. The highest BCUT2D eigenvalue weighted by atomic mass is 16.1. The Labute approximate surface area is 142 Å². The topological polar surface area (TPSA) is 29.1 Å². The Hall–Kier alpha value is -1.31. The number of amides is 1. The van der Waals surface area contributed by atoms with Gasteiger partial charge in [-0.15, -0.1) is 0 Å². The molecule has 0 aromatic heterocycles. The van der Waals surface area contributed by atoms with Crippen LogP contribution in [0.25, 0.3) is 0 Å². The fourth-order valence-corrected chi connectivity index (χ4v) is 4.60. The average Bonchev–Trinajstić information content (AvgIpc) is 2.47. The lowest BCUT2D eigenvalue weighted by Gasteiger charge is -2.51. The fraction of sp³-hybridized carbons (Fsp3) is 0.667. The van der Waals surface area contributed by atoms with Gasteiger partial charge >= 0.3 is 0 Å². The van der Waals surface area contributed by atoms with E-state index in [-0.39, 0.29) is 5.54 Å². The van der Waals surface area contributed by atoms with E-state index >= 15 is 0 Å². The second-order valence-corrected chi connectivity index (χ2v) is 8.04. The van der Waals surface area contributed by atoms with Crippen LogP contribution in [0.1, 0.15) is 66.2 Å². The summed E-state index contributed by atoms with van der Waals surface area (Å²) < 4.78 is 0. The van der Waals surface area contributed by atoms with E-state index in [1.54, 1.807) is 0 Å². The summed E-state index contributed by atoms with van der Waals surface area (Å²) in [5.74, 6) is 1.65. The van der Waals surface area contributed by atoms with Crippen molar-refractivity contribution < 1.29 is 4.79 Å². The zero-order chi connectivity index (χ0) is 17.0.